The molecule has 1 heterocycles. The number of nitrogens with one attached hydrogen (secondary N) is 2. The molecule has 0 unspecified atom stereocenters. The van der Waals surface area contributed by atoms with Crippen LogP contribution in [0.25, 0.3) is 11.3 Å². The molecule has 3 aromatic rings. The molecule has 0 aliphatic heterocycles. The Morgan fingerprint density at radius 3 is 2.67 bits per heavy atom. The number of H-pyrrole nitrogens is 1. The summed E-state index contributed by atoms with van der Waals surface area (Å²) in [6.07, 6.45) is 1.64. The monoisotopic (exact) mass is 318 g/mol. The Kier molecular flexibility index (Phi) is 4.52. The molecule has 24 heavy (non-hydrogen) atoms. The minimum Gasteiger partial charge on any atom is -0.272 e. The number of hydrogen-bond donors (Lipinski definition) is 2. The summed E-state index contributed by atoms with van der Waals surface area (Å²) in [4.78, 5) is 12.1. The fraction of sp³-hybridized carbons (Fsp3) is 0.105. The van der Waals surface area contributed by atoms with E-state index in [4.69, 9.17) is 0 Å². The van der Waals surface area contributed by atoms with Crippen LogP contribution in [0.1, 0.15) is 27.2 Å². The van der Waals surface area contributed by atoms with E-state index in [1.54, 1.807) is 12.3 Å². The van der Waals surface area contributed by atoms with Crippen LogP contribution in [0.15, 0.2) is 59.7 Å². The van der Waals surface area contributed by atoms with E-state index in [1.165, 1.54) is 5.56 Å². The zero-order chi connectivity index (χ0) is 16.9. The van der Waals surface area contributed by atoms with Crippen molar-refractivity contribution in [1.29, 1.82) is 0 Å². The summed E-state index contributed by atoms with van der Waals surface area (Å²) in [5.74, 6) is -0.328. The van der Waals surface area contributed by atoms with Crippen molar-refractivity contribution >= 4 is 12.1 Å². The topological polar surface area (TPSA) is 70.1 Å². The Bertz CT molecular complexity index is 881. The lowest BCUT2D eigenvalue weighted by Crippen LogP contribution is -2.18. The number of hydrogen-bond acceptors (Lipinski definition) is 3. The average molecular weight is 318 g/mol. The smallest absolute Gasteiger partial charge is 0.272 e. The van der Waals surface area contributed by atoms with Gasteiger partial charge in [-0.15, -0.1) is 0 Å². The first-order chi connectivity index (χ1) is 11.6. The van der Waals surface area contributed by atoms with Crippen LogP contribution in [0.2, 0.25) is 0 Å². The van der Waals surface area contributed by atoms with Gasteiger partial charge in [0.1, 0.15) is 5.69 Å². The highest BCUT2D eigenvalue weighted by Gasteiger charge is 2.10. The van der Waals surface area contributed by atoms with E-state index in [2.05, 4.69) is 26.8 Å². The number of benzene rings is 2. The number of aryl methyl sites for hydroxylation is 2. The fourth-order valence-corrected chi connectivity index (χ4v) is 2.39. The third-order valence-corrected chi connectivity index (χ3v) is 3.69. The van der Waals surface area contributed by atoms with Crippen LogP contribution in [0.4, 0.5) is 0 Å². The summed E-state index contributed by atoms with van der Waals surface area (Å²) in [6, 6.07) is 17.4. The van der Waals surface area contributed by atoms with E-state index in [-0.39, 0.29) is 5.91 Å². The van der Waals surface area contributed by atoms with Gasteiger partial charge in [0.15, 0.2) is 0 Å². The lowest BCUT2D eigenvalue weighted by Gasteiger charge is -2.01. The Morgan fingerprint density at radius 2 is 1.92 bits per heavy atom. The molecule has 5 nitrogen and oxygen atoms in total. The molecule has 1 amide bonds. The normalized spacial score (nSPS) is 10.9. The summed E-state index contributed by atoms with van der Waals surface area (Å²) in [5, 5.41) is 10.9. The molecule has 0 atom stereocenters. The molecule has 5 heteroatoms. The van der Waals surface area contributed by atoms with Gasteiger partial charge in [0.05, 0.1) is 11.9 Å². The lowest BCUT2D eigenvalue weighted by molar-refractivity contribution is 0.0950. The molecule has 0 aliphatic rings. The second-order valence-electron chi connectivity index (χ2n) is 5.59. The van der Waals surface area contributed by atoms with Gasteiger partial charge in [0.25, 0.3) is 5.91 Å². The van der Waals surface area contributed by atoms with Crippen molar-refractivity contribution in [2.24, 2.45) is 5.10 Å². The first-order valence-corrected chi connectivity index (χ1v) is 7.65. The van der Waals surface area contributed by atoms with Crippen LogP contribution in [0.3, 0.4) is 0 Å². The van der Waals surface area contributed by atoms with Crippen LogP contribution >= 0.6 is 0 Å². The molecule has 1 aromatic heterocycles. The van der Waals surface area contributed by atoms with Crippen molar-refractivity contribution in [1.82, 2.24) is 15.6 Å². The van der Waals surface area contributed by atoms with Gasteiger partial charge in [0.2, 0.25) is 0 Å². The van der Waals surface area contributed by atoms with Crippen molar-refractivity contribution < 1.29 is 4.79 Å². The molecule has 0 spiro atoms. The standard InChI is InChI=1S/C19H18N4O/c1-13-8-9-16(14(2)10-13)12-20-23-19(24)18-11-17(21-22-18)15-6-4-3-5-7-15/h3-12H,1-2H3,(H,21,22)(H,23,24). The third kappa shape index (κ3) is 3.57. The zero-order valence-corrected chi connectivity index (χ0v) is 13.6. The van der Waals surface area contributed by atoms with E-state index in [9.17, 15) is 4.79 Å². The number of rotatable bonds is 4. The van der Waals surface area contributed by atoms with E-state index < -0.39 is 0 Å². The first-order valence-electron chi connectivity index (χ1n) is 7.65. The van der Waals surface area contributed by atoms with Gasteiger partial charge in [-0.1, -0.05) is 54.1 Å². The summed E-state index contributed by atoms with van der Waals surface area (Å²) < 4.78 is 0. The second-order valence-corrected chi connectivity index (χ2v) is 5.59. The predicted molar refractivity (Wildman–Crippen MR) is 95.0 cm³/mol. The van der Waals surface area contributed by atoms with E-state index >= 15 is 0 Å². The molecule has 0 bridgehead atoms. The van der Waals surface area contributed by atoms with Crippen molar-refractivity contribution in [2.75, 3.05) is 0 Å². The molecular formula is C19H18N4O. The maximum Gasteiger partial charge on any atom is 0.289 e. The third-order valence-electron chi connectivity index (χ3n) is 3.69. The lowest BCUT2D eigenvalue weighted by atomic mass is 10.1. The van der Waals surface area contributed by atoms with Crippen molar-refractivity contribution in [2.45, 2.75) is 13.8 Å². The van der Waals surface area contributed by atoms with Gasteiger partial charge in [-0.05, 0) is 31.0 Å². The molecule has 120 valence electrons. The number of aromatic amines is 1. The molecule has 0 saturated heterocycles. The zero-order valence-electron chi connectivity index (χ0n) is 13.6. The Labute approximate surface area is 140 Å². The second kappa shape index (κ2) is 6.91. The Morgan fingerprint density at radius 1 is 1.12 bits per heavy atom. The number of hydrazone groups is 1. The number of nitrogens with zero attached hydrogens (tertiary/aromatic N) is 2. The van der Waals surface area contributed by atoms with E-state index in [0.29, 0.717) is 5.69 Å². The fourth-order valence-electron chi connectivity index (χ4n) is 2.39. The molecule has 2 aromatic carbocycles. The van der Waals surface area contributed by atoms with Crippen LogP contribution < -0.4 is 5.43 Å². The number of carbonyl (C=O) groups excluding carboxylic acids is 1. The van der Waals surface area contributed by atoms with Gasteiger partial charge >= 0.3 is 0 Å². The van der Waals surface area contributed by atoms with Crippen molar-refractivity contribution in [3.63, 3.8) is 0 Å². The summed E-state index contributed by atoms with van der Waals surface area (Å²) in [5.41, 5.74) is 7.83. The number of aromatic nitrogens is 2. The summed E-state index contributed by atoms with van der Waals surface area (Å²) >= 11 is 0. The predicted octanol–water partition coefficient (Wildman–Crippen LogP) is 3.46. The number of carbonyl (C=O) groups is 1. The average Bonchev–Trinajstić information content (AvgIpc) is 3.08. The Hall–Kier alpha value is -3.21. The highest BCUT2D eigenvalue weighted by atomic mass is 16.2. The largest absolute Gasteiger partial charge is 0.289 e. The van der Waals surface area contributed by atoms with E-state index in [0.717, 1.165) is 22.4 Å². The van der Waals surface area contributed by atoms with Crippen LogP contribution in [-0.4, -0.2) is 22.3 Å². The van der Waals surface area contributed by atoms with Crippen molar-refractivity contribution in [3.8, 4) is 11.3 Å². The quantitative estimate of drug-likeness (QED) is 0.571. The number of amides is 1. The summed E-state index contributed by atoms with van der Waals surface area (Å²) in [7, 11) is 0. The highest BCUT2D eigenvalue weighted by Crippen LogP contribution is 2.16. The van der Waals surface area contributed by atoms with Gasteiger partial charge in [0, 0.05) is 5.56 Å². The van der Waals surface area contributed by atoms with Gasteiger partial charge in [-0.2, -0.15) is 10.2 Å². The molecule has 2 N–H and O–H groups in total. The molecule has 0 aliphatic carbocycles. The molecular weight excluding hydrogens is 300 g/mol. The van der Waals surface area contributed by atoms with Crippen LogP contribution in [0.5, 0.6) is 0 Å². The molecule has 0 radical (unpaired) electrons. The van der Waals surface area contributed by atoms with Crippen LogP contribution in [-0.2, 0) is 0 Å². The van der Waals surface area contributed by atoms with Gasteiger partial charge in [-0.25, -0.2) is 5.43 Å². The van der Waals surface area contributed by atoms with Crippen LogP contribution in [0, 0.1) is 13.8 Å². The minimum atomic E-state index is -0.328. The highest BCUT2D eigenvalue weighted by molar-refractivity contribution is 5.94. The molecule has 0 saturated carbocycles. The summed E-state index contributed by atoms with van der Waals surface area (Å²) in [6.45, 7) is 4.05. The van der Waals surface area contributed by atoms with E-state index in [1.807, 2.05) is 56.3 Å². The maximum absolute atomic E-state index is 12.1. The minimum absolute atomic E-state index is 0.328. The van der Waals surface area contributed by atoms with Gasteiger partial charge < -0.3 is 0 Å². The first kappa shape index (κ1) is 15.7. The van der Waals surface area contributed by atoms with Crippen molar-refractivity contribution in [3.05, 3.63) is 77.0 Å². The Balaban J connectivity index is 1.67. The molecule has 0 fully saturated rings. The molecule has 3 rings (SSSR count). The van der Waals surface area contributed by atoms with Gasteiger partial charge in [-0.3, -0.25) is 9.89 Å². The maximum atomic E-state index is 12.1. The SMILES string of the molecule is Cc1ccc(C=NNC(=O)c2cc(-c3ccccc3)n[nH]2)c(C)c1.